The SMILES string of the molecule is CNc1cc2c(cc1[N+](=O)[O-])oc1ccccc12. The molecule has 0 bridgehead atoms. The van der Waals surface area contributed by atoms with E-state index in [2.05, 4.69) is 5.32 Å². The summed E-state index contributed by atoms with van der Waals surface area (Å²) in [6.07, 6.45) is 0. The van der Waals surface area contributed by atoms with Gasteiger partial charge in [-0.25, -0.2) is 0 Å². The Labute approximate surface area is 102 Å². The molecular formula is C13H10N2O3. The molecule has 3 rings (SSSR count). The van der Waals surface area contributed by atoms with Crippen LogP contribution in [0.2, 0.25) is 0 Å². The lowest BCUT2D eigenvalue weighted by atomic mass is 10.1. The van der Waals surface area contributed by atoms with Crippen LogP contribution in [0, 0.1) is 10.1 Å². The van der Waals surface area contributed by atoms with Gasteiger partial charge in [-0.05, 0) is 12.1 Å². The van der Waals surface area contributed by atoms with Gasteiger partial charge in [-0.15, -0.1) is 0 Å². The quantitative estimate of drug-likeness (QED) is 0.551. The monoisotopic (exact) mass is 242 g/mol. The molecule has 5 heteroatoms. The highest BCUT2D eigenvalue weighted by Crippen LogP contribution is 2.35. The Bertz CT molecular complexity index is 761. The summed E-state index contributed by atoms with van der Waals surface area (Å²) in [5, 5.41) is 15.6. The molecular weight excluding hydrogens is 232 g/mol. The van der Waals surface area contributed by atoms with Crippen LogP contribution < -0.4 is 5.32 Å². The molecule has 0 amide bonds. The van der Waals surface area contributed by atoms with E-state index in [0.717, 1.165) is 16.4 Å². The van der Waals surface area contributed by atoms with Gasteiger partial charge in [0.05, 0.1) is 11.0 Å². The fourth-order valence-corrected chi connectivity index (χ4v) is 2.11. The van der Waals surface area contributed by atoms with Crippen molar-refractivity contribution in [3.8, 4) is 0 Å². The lowest BCUT2D eigenvalue weighted by molar-refractivity contribution is -0.383. The van der Waals surface area contributed by atoms with Crippen molar-refractivity contribution in [1.29, 1.82) is 0 Å². The molecule has 0 atom stereocenters. The third-order valence-electron chi connectivity index (χ3n) is 2.96. The average molecular weight is 242 g/mol. The Hall–Kier alpha value is -2.56. The van der Waals surface area contributed by atoms with Crippen LogP contribution in [0.1, 0.15) is 0 Å². The highest BCUT2D eigenvalue weighted by Gasteiger charge is 2.17. The number of nitrogens with one attached hydrogen (secondary N) is 1. The number of furan rings is 1. The van der Waals surface area contributed by atoms with Crippen molar-refractivity contribution in [2.24, 2.45) is 0 Å². The zero-order valence-electron chi connectivity index (χ0n) is 9.64. The van der Waals surface area contributed by atoms with Gasteiger partial charge in [-0.1, -0.05) is 18.2 Å². The first-order chi connectivity index (χ1) is 8.70. The van der Waals surface area contributed by atoms with Gasteiger partial charge in [-0.3, -0.25) is 10.1 Å². The molecule has 0 saturated carbocycles. The Kier molecular flexibility index (Phi) is 2.19. The van der Waals surface area contributed by atoms with Crippen molar-refractivity contribution in [3.05, 3.63) is 46.5 Å². The molecule has 0 fully saturated rings. The van der Waals surface area contributed by atoms with E-state index in [1.54, 1.807) is 13.1 Å². The second-order valence-corrected chi connectivity index (χ2v) is 3.97. The van der Waals surface area contributed by atoms with Crippen molar-refractivity contribution < 1.29 is 9.34 Å². The summed E-state index contributed by atoms with van der Waals surface area (Å²) in [4.78, 5) is 10.5. The minimum Gasteiger partial charge on any atom is -0.456 e. The van der Waals surface area contributed by atoms with E-state index in [4.69, 9.17) is 4.42 Å². The third kappa shape index (κ3) is 1.41. The summed E-state index contributed by atoms with van der Waals surface area (Å²) in [7, 11) is 1.66. The van der Waals surface area contributed by atoms with Crippen molar-refractivity contribution in [2.75, 3.05) is 12.4 Å². The maximum absolute atomic E-state index is 11.0. The molecule has 1 aromatic heterocycles. The van der Waals surface area contributed by atoms with Crippen LogP contribution in [0.4, 0.5) is 11.4 Å². The van der Waals surface area contributed by atoms with Gasteiger partial charge in [-0.2, -0.15) is 0 Å². The predicted octanol–water partition coefficient (Wildman–Crippen LogP) is 3.54. The van der Waals surface area contributed by atoms with Gasteiger partial charge in [0.1, 0.15) is 16.9 Å². The van der Waals surface area contributed by atoms with Crippen LogP contribution >= 0.6 is 0 Å². The van der Waals surface area contributed by atoms with Crippen LogP contribution in [0.5, 0.6) is 0 Å². The van der Waals surface area contributed by atoms with Gasteiger partial charge in [0.2, 0.25) is 0 Å². The van der Waals surface area contributed by atoms with Gasteiger partial charge in [0.25, 0.3) is 5.69 Å². The normalized spacial score (nSPS) is 10.9. The van der Waals surface area contributed by atoms with E-state index in [9.17, 15) is 10.1 Å². The lowest BCUT2D eigenvalue weighted by Gasteiger charge is -2.01. The van der Waals surface area contributed by atoms with E-state index in [1.165, 1.54) is 6.07 Å². The molecule has 18 heavy (non-hydrogen) atoms. The molecule has 3 aromatic rings. The zero-order valence-corrected chi connectivity index (χ0v) is 9.64. The molecule has 0 aliphatic heterocycles. The largest absolute Gasteiger partial charge is 0.456 e. The number of nitro groups is 1. The lowest BCUT2D eigenvalue weighted by Crippen LogP contribution is -1.95. The van der Waals surface area contributed by atoms with Gasteiger partial charge < -0.3 is 9.73 Å². The highest BCUT2D eigenvalue weighted by atomic mass is 16.6. The molecule has 90 valence electrons. The Balaban J connectivity index is 2.43. The van der Waals surface area contributed by atoms with Crippen LogP contribution in [-0.2, 0) is 0 Å². The predicted molar refractivity (Wildman–Crippen MR) is 69.9 cm³/mol. The van der Waals surface area contributed by atoms with Crippen molar-refractivity contribution in [3.63, 3.8) is 0 Å². The summed E-state index contributed by atoms with van der Waals surface area (Å²) in [5.41, 5.74) is 1.76. The second-order valence-electron chi connectivity index (χ2n) is 3.97. The van der Waals surface area contributed by atoms with E-state index < -0.39 is 4.92 Å². The molecule has 1 heterocycles. The van der Waals surface area contributed by atoms with Crippen molar-refractivity contribution >= 4 is 33.3 Å². The smallest absolute Gasteiger partial charge is 0.296 e. The first-order valence-corrected chi connectivity index (χ1v) is 5.48. The first kappa shape index (κ1) is 10.6. The second kappa shape index (κ2) is 3.73. The fourth-order valence-electron chi connectivity index (χ4n) is 2.11. The number of benzene rings is 2. The summed E-state index contributed by atoms with van der Waals surface area (Å²) in [5.74, 6) is 0. The molecule has 0 saturated heterocycles. The number of anilines is 1. The summed E-state index contributed by atoms with van der Waals surface area (Å²) in [6, 6.07) is 10.8. The van der Waals surface area contributed by atoms with Crippen LogP contribution in [0.15, 0.2) is 40.8 Å². The number of para-hydroxylation sites is 1. The number of rotatable bonds is 2. The van der Waals surface area contributed by atoms with E-state index in [1.807, 2.05) is 24.3 Å². The molecule has 0 radical (unpaired) electrons. The maximum Gasteiger partial charge on any atom is 0.296 e. The number of hydrogen-bond acceptors (Lipinski definition) is 4. The summed E-state index contributed by atoms with van der Waals surface area (Å²) >= 11 is 0. The van der Waals surface area contributed by atoms with E-state index >= 15 is 0 Å². The number of fused-ring (bicyclic) bond motifs is 3. The minimum absolute atomic E-state index is 0.0176. The van der Waals surface area contributed by atoms with Gasteiger partial charge in [0.15, 0.2) is 0 Å². The molecule has 0 aliphatic carbocycles. The molecule has 5 nitrogen and oxygen atoms in total. The summed E-state index contributed by atoms with van der Waals surface area (Å²) in [6.45, 7) is 0. The number of hydrogen-bond donors (Lipinski definition) is 1. The molecule has 0 unspecified atom stereocenters. The van der Waals surface area contributed by atoms with E-state index in [-0.39, 0.29) is 5.69 Å². The summed E-state index contributed by atoms with van der Waals surface area (Å²) < 4.78 is 5.61. The third-order valence-corrected chi connectivity index (χ3v) is 2.96. The van der Waals surface area contributed by atoms with Crippen LogP contribution in [-0.4, -0.2) is 12.0 Å². The Morgan fingerprint density at radius 2 is 1.94 bits per heavy atom. The highest BCUT2D eigenvalue weighted by molar-refractivity contribution is 6.07. The molecule has 1 N–H and O–H groups in total. The Morgan fingerprint density at radius 3 is 2.67 bits per heavy atom. The van der Waals surface area contributed by atoms with Gasteiger partial charge in [0, 0.05) is 17.8 Å². The standard InChI is InChI=1S/C13H10N2O3/c1-14-10-6-9-8-4-2-3-5-12(8)18-13(9)7-11(10)15(16)17/h2-7,14H,1H3. The zero-order chi connectivity index (χ0) is 12.7. The minimum atomic E-state index is -0.418. The average Bonchev–Trinajstić information content (AvgIpc) is 2.74. The topological polar surface area (TPSA) is 68.3 Å². The van der Waals surface area contributed by atoms with Crippen LogP contribution in [0.25, 0.3) is 21.9 Å². The van der Waals surface area contributed by atoms with Gasteiger partial charge >= 0.3 is 0 Å². The van der Waals surface area contributed by atoms with Crippen molar-refractivity contribution in [1.82, 2.24) is 0 Å². The Morgan fingerprint density at radius 1 is 1.17 bits per heavy atom. The van der Waals surface area contributed by atoms with Crippen LogP contribution in [0.3, 0.4) is 0 Å². The molecule has 0 spiro atoms. The van der Waals surface area contributed by atoms with E-state index in [0.29, 0.717) is 11.3 Å². The molecule has 2 aromatic carbocycles. The fraction of sp³-hybridized carbons (Fsp3) is 0.0769. The number of nitro benzene ring substituents is 1. The molecule has 0 aliphatic rings. The number of nitrogens with zero attached hydrogens (tertiary/aromatic N) is 1. The van der Waals surface area contributed by atoms with Crippen molar-refractivity contribution in [2.45, 2.75) is 0 Å². The first-order valence-electron chi connectivity index (χ1n) is 5.48. The maximum atomic E-state index is 11.0.